The van der Waals surface area contributed by atoms with Crippen LogP contribution < -0.4 is 4.74 Å². The lowest BCUT2D eigenvalue weighted by molar-refractivity contribution is 0.0663. The first kappa shape index (κ1) is 18.0. The summed E-state index contributed by atoms with van der Waals surface area (Å²) in [6, 6.07) is 10.1. The first-order valence-electron chi connectivity index (χ1n) is 8.83. The van der Waals surface area contributed by atoms with Gasteiger partial charge in [-0.05, 0) is 49.4 Å². The number of imidazole rings is 1. The van der Waals surface area contributed by atoms with Crippen LogP contribution in [0.3, 0.4) is 0 Å². The van der Waals surface area contributed by atoms with Crippen molar-refractivity contribution in [2.45, 2.75) is 24.1 Å². The highest BCUT2D eigenvalue weighted by Gasteiger charge is 2.18. The molecule has 3 aromatic rings. The van der Waals surface area contributed by atoms with E-state index in [1.807, 2.05) is 18.4 Å². The average molecular weight is 385 g/mol. The van der Waals surface area contributed by atoms with Crippen molar-refractivity contribution in [3.8, 4) is 28.4 Å². The molecule has 3 heterocycles. The van der Waals surface area contributed by atoms with E-state index in [-0.39, 0.29) is 11.9 Å². The lowest BCUT2D eigenvalue weighted by atomic mass is 10.1. The van der Waals surface area contributed by atoms with Gasteiger partial charge in [0.15, 0.2) is 5.16 Å². The predicted molar refractivity (Wildman–Crippen MR) is 103 cm³/mol. The minimum absolute atomic E-state index is 0.138. The van der Waals surface area contributed by atoms with E-state index < -0.39 is 0 Å². The number of nitrogens with zero attached hydrogens (tertiary/aromatic N) is 2. The molecule has 0 amide bonds. The van der Waals surface area contributed by atoms with Crippen LogP contribution in [0, 0.1) is 5.82 Å². The molecule has 1 unspecified atom stereocenters. The summed E-state index contributed by atoms with van der Waals surface area (Å²) >= 11 is 1.52. The summed E-state index contributed by atoms with van der Waals surface area (Å²) < 4.78 is 24.7. The van der Waals surface area contributed by atoms with Crippen LogP contribution in [0.25, 0.3) is 22.5 Å². The molecule has 7 heteroatoms. The van der Waals surface area contributed by atoms with Crippen molar-refractivity contribution in [2.75, 3.05) is 19.5 Å². The van der Waals surface area contributed by atoms with E-state index in [0.29, 0.717) is 12.5 Å². The van der Waals surface area contributed by atoms with Crippen LogP contribution in [-0.2, 0) is 4.74 Å². The zero-order chi connectivity index (χ0) is 18.6. The van der Waals surface area contributed by atoms with Gasteiger partial charge in [0.05, 0.1) is 17.5 Å². The third-order valence-corrected chi connectivity index (χ3v) is 5.04. The fraction of sp³-hybridized carbons (Fsp3) is 0.300. The number of pyridine rings is 1. The Hall–Kier alpha value is -2.38. The second-order valence-electron chi connectivity index (χ2n) is 6.31. The maximum Gasteiger partial charge on any atom is 0.213 e. The molecular weight excluding hydrogens is 365 g/mol. The number of rotatable bonds is 6. The molecule has 1 aromatic carbocycles. The highest BCUT2D eigenvalue weighted by molar-refractivity contribution is 7.98. The average Bonchev–Trinajstić information content (AvgIpc) is 3.37. The molecule has 1 aliphatic heterocycles. The maximum atomic E-state index is 13.3. The summed E-state index contributed by atoms with van der Waals surface area (Å²) in [4.78, 5) is 12.3. The molecule has 1 atom stereocenters. The Bertz CT molecular complexity index is 908. The number of nitrogens with one attached hydrogen (secondary N) is 1. The van der Waals surface area contributed by atoms with Crippen LogP contribution in [-0.4, -0.2) is 40.5 Å². The van der Waals surface area contributed by atoms with Crippen LogP contribution in [0.5, 0.6) is 5.88 Å². The zero-order valence-electron chi connectivity index (χ0n) is 14.9. The fourth-order valence-electron chi connectivity index (χ4n) is 3.07. The molecule has 5 nitrogen and oxygen atoms in total. The number of aromatic nitrogens is 3. The lowest BCUT2D eigenvalue weighted by Gasteiger charge is -2.11. The van der Waals surface area contributed by atoms with Gasteiger partial charge in [0, 0.05) is 30.0 Å². The number of aromatic amines is 1. The normalized spacial score (nSPS) is 16.6. The Kier molecular flexibility index (Phi) is 5.40. The largest absolute Gasteiger partial charge is 0.475 e. The second-order valence-corrected chi connectivity index (χ2v) is 7.10. The van der Waals surface area contributed by atoms with Gasteiger partial charge in [-0.1, -0.05) is 11.8 Å². The first-order valence-corrected chi connectivity index (χ1v) is 10.1. The Morgan fingerprint density at radius 3 is 2.85 bits per heavy atom. The van der Waals surface area contributed by atoms with Gasteiger partial charge in [-0.2, -0.15) is 0 Å². The van der Waals surface area contributed by atoms with Crippen molar-refractivity contribution in [3.63, 3.8) is 0 Å². The summed E-state index contributed by atoms with van der Waals surface area (Å²) in [5.41, 5.74) is 3.40. The van der Waals surface area contributed by atoms with Crippen molar-refractivity contribution in [1.82, 2.24) is 15.0 Å². The van der Waals surface area contributed by atoms with Gasteiger partial charge >= 0.3 is 0 Å². The molecule has 0 saturated carbocycles. The number of halogens is 1. The van der Waals surface area contributed by atoms with Crippen LogP contribution in [0.1, 0.15) is 12.8 Å². The highest BCUT2D eigenvalue weighted by atomic mass is 32.2. The molecular formula is C20H20FN3O2S. The summed E-state index contributed by atoms with van der Waals surface area (Å²) in [6.07, 6.45) is 5.90. The maximum absolute atomic E-state index is 13.3. The monoisotopic (exact) mass is 385 g/mol. The van der Waals surface area contributed by atoms with Crippen LogP contribution in [0.15, 0.2) is 47.8 Å². The smallest absolute Gasteiger partial charge is 0.213 e. The minimum Gasteiger partial charge on any atom is -0.475 e. The van der Waals surface area contributed by atoms with Gasteiger partial charge in [-0.3, -0.25) is 0 Å². The fourth-order valence-corrected chi connectivity index (χ4v) is 3.46. The number of hydrogen-bond acceptors (Lipinski definition) is 5. The molecule has 0 aliphatic carbocycles. The molecule has 1 N–H and O–H groups in total. The van der Waals surface area contributed by atoms with E-state index in [0.717, 1.165) is 47.1 Å². The molecule has 4 rings (SSSR count). The molecule has 1 saturated heterocycles. The second kappa shape index (κ2) is 8.10. The van der Waals surface area contributed by atoms with E-state index in [4.69, 9.17) is 9.47 Å². The van der Waals surface area contributed by atoms with Crippen molar-refractivity contribution in [1.29, 1.82) is 0 Å². The topological polar surface area (TPSA) is 60.0 Å². The van der Waals surface area contributed by atoms with Gasteiger partial charge in [0.25, 0.3) is 0 Å². The number of hydrogen-bond donors (Lipinski definition) is 1. The Morgan fingerprint density at radius 2 is 2.11 bits per heavy atom. The molecule has 1 fully saturated rings. The Morgan fingerprint density at radius 1 is 1.26 bits per heavy atom. The highest BCUT2D eigenvalue weighted by Crippen LogP contribution is 2.33. The van der Waals surface area contributed by atoms with Crippen molar-refractivity contribution in [2.24, 2.45) is 0 Å². The Balaban J connectivity index is 1.63. The number of H-pyrrole nitrogens is 1. The third kappa shape index (κ3) is 4.14. The number of ether oxygens (including phenoxy) is 2. The zero-order valence-corrected chi connectivity index (χ0v) is 15.8. The van der Waals surface area contributed by atoms with E-state index in [1.54, 1.807) is 18.3 Å². The lowest BCUT2D eigenvalue weighted by Crippen LogP contribution is -2.16. The van der Waals surface area contributed by atoms with Crippen molar-refractivity contribution < 1.29 is 13.9 Å². The van der Waals surface area contributed by atoms with E-state index in [9.17, 15) is 4.39 Å². The van der Waals surface area contributed by atoms with Crippen LogP contribution in [0.4, 0.5) is 4.39 Å². The third-order valence-electron chi connectivity index (χ3n) is 4.46. The summed E-state index contributed by atoms with van der Waals surface area (Å²) in [6.45, 7) is 1.30. The first-order chi connectivity index (χ1) is 13.2. The molecule has 1 aliphatic rings. The van der Waals surface area contributed by atoms with Gasteiger partial charge in [-0.25, -0.2) is 14.4 Å². The molecule has 0 spiro atoms. The quantitative estimate of drug-likeness (QED) is 0.631. The van der Waals surface area contributed by atoms with E-state index >= 15 is 0 Å². The summed E-state index contributed by atoms with van der Waals surface area (Å²) in [5, 5.41) is 0.794. The molecule has 0 bridgehead atoms. The van der Waals surface area contributed by atoms with E-state index in [2.05, 4.69) is 15.0 Å². The number of thioether (sulfide) groups is 1. The van der Waals surface area contributed by atoms with Gasteiger partial charge in [-0.15, -0.1) is 0 Å². The van der Waals surface area contributed by atoms with Gasteiger partial charge < -0.3 is 14.5 Å². The minimum atomic E-state index is -0.265. The predicted octanol–water partition coefficient (Wildman–Crippen LogP) is 4.56. The Labute approximate surface area is 161 Å². The van der Waals surface area contributed by atoms with Crippen molar-refractivity contribution >= 4 is 11.8 Å². The van der Waals surface area contributed by atoms with Crippen LogP contribution >= 0.6 is 11.8 Å². The van der Waals surface area contributed by atoms with Crippen molar-refractivity contribution in [3.05, 3.63) is 48.4 Å². The standard InChI is InChI=1S/C20H20FN3O2S/c1-27-20-23-18(13-4-6-15(21)7-5-13)19(24-20)14-8-9-22-17(11-14)26-12-16-3-2-10-25-16/h4-9,11,16H,2-3,10,12H2,1H3,(H,23,24). The van der Waals surface area contributed by atoms with Gasteiger partial charge in [0.2, 0.25) is 5.88 Å². The summed E-state index contributed by atoms with van der Waals surface area (Å²) in [7, 11) is 0. The van der Waals surface area contributed by atoms with E-state index in [1.165, 1.54) is 23.9 Å². The molecule has 27 heavy (non-hydrogen) atoms. The molecule has 140 valence electrons. The van der Waals surface area contributed by atoms with Gasteiger partial charge in [0.1, 0.15) is 12.4 Å². The SMILES string of the molecule is CSc1nc(-c2ccnc(OCC3CCCO3)c2)c(-c2ccc(F)cc2)[nH]1. The van der Waals surface area contributed by atoms with Crippen LogP contribution in [0.2, 0.25) is 0 Å². The molecule has 0 radical (unpaired) electrons. The molecule has 2 aromatic heterocycles. The number of benzene rings is 1. The summed E-state index contributed by atoms with van der Waals surface area (Å²) in [5.74, 6) is 0.278.